The summed E-state index contributed by atoms with van der Waals surface area (Å²) < 4.78 is 24.4. The average Bonchev–Trinajstić information content (AvgIpc) is 2.68. The van der Waals surface area contributed by atoms with E-state index in [4.69, 9.17) is 9.47 Å². The maximum absolute atomic E-state index is 14.0. The molecule has 0 radical (unpaired) electrons. The van der Waals surface area contributed by atoms with Gasteiger partial charge in [-0.3, -0.25) is 14.9 Å². The number of hydrogen-bond acceptors (Lipinski definition) is 5. The molecular formula is C23H27FN2O5. The van der Waals surface area contributed by atoms with Crippen molar-refractivity contribution in [3.63, 3.8) is 0 Å². The highest BCUT2D eigenvalue weighted by Crippen LogP contribution is 2.21. The SMILES string of the molecule is CCOc1ccc(C(=O)CCC(=O)Nc2ccc(F)c(NC(=O)OC(C)(C)C)c2)cc1. The van der Waals surface area contributed by atoms with E-state index in [9.17, 15) is 18.8 Å². The number of anilines is 2. The molecule has 0 saturated heterocycles. The Balaban J connectivity index is 1.91. The van der Waals surface area contributed by atoms with Crippen molar-refractivity contribution in [2.45, 2.75) is 46.1 Å². The number of amides is 2. The first kappa shape index (κ1) is 23.9. The van der Waals surface area contributed by atoms with Crippen LogP contribution in [0.2, 0.25) is 0 Å². The van der Waals surface area contributed by atoms with E-state index < -0.39 is 23.4 Å². The second-order valence-corrected chi connectivity index (χ2v) is 7.75. The van der Waals surface area contributed by atoms with E-state index in [-0.39, 0.29) is 30.0 Å². The van der Waals surface area contributed by atoms with Crippen LogP contribution in [0.15, 0.2) is 42.5 Å². The molecule has 2 aromatic carbocycles. The Kier molecular flexibility index (Phi) is 8.13. The van der Waals surface area contributed by atoms with Crippen molar-refractivity contribution in [1.29, 1.82) is 0 Å². The van der Waals surface area contributed by atoms with Crippen molar-refractivity contribution in [3.05, 3.63) is 53.8 Å². The van der Waals surface area contributed by atoms with Gasteiger partial charge in [0, 0.05) is 24.1 Å². The molecule has 2 N–H and O–H groups in total. The molecule has 2 aromatic rings. The normalized spacial score (nSPS) is 10.9. The first-order valence-corrected chi connectivity index (χ1v) is 9.93. The van der Waals surface area contributed by atoms with Gasteiger partial charge in [-0.15, -0.1) is 0 Å². The molecule has 7 nitrogen and oxygen atoms in total. The topological polar surface area (TPSA) is 93.7 Å². The van der Waals surface area contributed by atoms with Crippen molar-refractivity contribution in [1.82, 2.24) is 0 Å². The van der Waals surface area contributed by atoms with Gasteiger partial charge in [-0.05, 0) is 70.2 Å². The molecule has 0 heterocycles. The molecule has 0 aliphatic heterocycles. The van der Waals surface area contributed by atoms with E-state index in [1.807, 2.05) is 6.92 Å². The van der Waals surface area contributed by atoms with E-state index in [2.05, 4.69) is 10.6 Å². The molecule has 2 rings (SSSR count). The summed E-state index contributed by atoms with van der Waals surface area (Å²) in [6.45, 7) is 7.47. The standard InChI is InChI=1S/C23H27FN2O5/c1-5-30-17-9-6-15(7-10-17)20(27)12-13-21(28)25-16-8-11-18(24)19(14-16)26-22(29)31-23(2,3)4/h6-11,14H,5,12-13H2,1-4H3,(H,25,28)(H,26,29). The molecule has 8 heteroatoms. The van der Waals surface area contributed by atoms with E-state index >= 15 is 0 Å². The van der Waals surface area contributed by atoms with Gasteiger partial charge in [0.2, 0.25) is 5.91 Å². The fourth-order valence-electron chi connectivity index (χ4n) is 2.61. The smallest absolute Gasteiger partial charge is 0.412 e. The van der Waals surface area contributed by atoms with Crippen molar-refractivity contribution < 1.29 is 28.2 Å². The number of nitrogens with one attached hydrogen (secondary N) is 2. The number of hydrogen-bond donors (Lipinski definition) is 2. The number of carbonyl (C=O) groups excluding carboxylic acids is 3. The van der Waals surface area contributed by atoms with Crippen LogP contribution in [0.25, 0.3) is 0 Å². The number of rotatable bonds is 8. The predicted octanol–water partition coefficient (Wildman–Crippen LogP) is 5.17. The number of Topliss-reactive ketones (excluding diaryl/α,β-unsaturated/α-hetero) is 1. The molecule has 0 aliphatic rings. The van der Waals surface area contributed by atoms with Crippen LogP contribution in [0.3, 0.4) is 0 Å². The highest BCUT2D eigenvalue weighted by Gasteiger charge is 2.18. The monoisotopic (exact) mass is 430 g/mol. The van der Waals surface area contributed by atoms with Crippen molar-refractivity contribution in [2.24, 2.45) is 0 Å². The summed E-state index contributed by atoms with van der Waals surface area (Å²) in [5.41, 5.74) is -0.0900. The third-order valence-electron chi connectivity index (χ3n) is 3.95. The van der Waals surface area contributed by atoms with Crippen LogP contribution < -0.4 is 15.4 Å². The Morgan fingerprint density at radius 3 is 2.26 bits per heavy atom. The summed E-state index contributed by atoms with van der Waals surface area (Å²) >= 11 is 0. The minimum Gasteiger partial charge on any atom is -0.494 e. The largest absolute Gasteiger partial charge is 0.494 e. The van der Waals surface area contributed by atoms with Crippen LogP contribution in [0.1, 0.15) is 50.9 Å². The molecule has 0 atom stereocenters. The third kappa shape index (κ3) is 8.08. The number of halogens is 1. The molecular weight excluding hydrogens is 403 g/mol. The summed E-state index contributed by atoms with van der Waals surface area (Å²) in [6, 6.07) is 10.5. The van der Waals surface area contributed by atoms with Crippen LogP contribution >= 0.6 is 0 Å². The zero-order valence-corrected chi connectivity index (χ0v) is 18.1. The molecule has 0 fully saturated rings. The van der Waals surface area contributed by atoms with Gasteiger partial charge in [0.1, 0.15) is 17.2 Å². The fraction of sp³-hybridized carbons (Fsp3) is 0.348. The van der Waals surface area contributed by atoms with Crippen molar-refractivity contribution in [3.8, 4) is 5.75 Å². The lowest BCUT2D eigenvalue weighted by atomic mass is 10.1. The van der Waals surface area contributed by atoms with E-state index in [0.717, 1.165) is 6.07 Å². The van der Waals surface area contributed by atoms with Gasteiger partial charge < -0.3 is 14.8 Å². The summed E-state index contributed by atoms with van der Waals surface area (Å²) in [4.78, 5) is 36.3. The molecule has 166 valence electrons. The van der Waals surface area contributed by atoms with Gasteiger partial charge in [0.25, 0.3) is 0 Å². The van der Waals surface area contributed by atoms with E-state index in [1.54, 1.807) is 45.0 Å². The number of carbonyl (C=O) groups is 3. The third-order valence-corrected chi connectivity index (χ3v) is 3.95. The second-order valence-electron chi connectivity index (χ2n) is 7.75. The number of benzene rings is 2. The van der Waals surface area contributed by atoms with Crippen LogP contribution in [-0.2, 0) is 9.53 Å². The lowest BCUT2D eigenvalue weighted by Crippen LogP contribution is -2.27. The van der Waals surface area contributed by atoms with Gasteiger partial charge >= 0.3 is 6.09 Å². The molecule has 2 amide bonds. The average molecular weight is 430 g/mol. The first-order valence-electron chi connectivity index (χ1n) is 9.93. The molecule has 0 unspecified atom stereocenters. The Morgan fingerprint density at radius 1 is 0.968 bits per heavy atom. The Hall–Kier alpha value is -3.42. The van der Waals surface area contributed by atoms with Crippen LogP contribution in [-0.4, -0.2) is 30.0 Å². The van der Waals surface area contributed by atoms with Crippen LogP contribution in [0.4, 0.5) is 20.6 Å². The lowest BCUT2D eigenvalue weighted by molar-refractivity contribution is -0.116. The van der Waals surface area contributed by atoms with Crippen LogP contribution in [0, 0.1) is 5.82 Å². The highest BCUT2D eigenvalue weighted by atomic mass is 19.1. The zero-order valence-electron chi connectivity index (χ0n) is 18.1. The molecule has 0 aromatic heterocycles. The number of ketones is 1. The second kappa shape index (κ2) is 10.6. The van der Waals surface area contributed by atoms with Gasteiger partial charge in [-0.25, -0.2) is 9.18 Å². The summed E-state index contributed by atoms with van der Waals surface area (Å²) in [5.74, 6) is -0.586. The minimum atomic E-state index is -0.809. The molecule has 31 heavy (non-hydrogen) atoms. The van der Waals surface area contributed by atoms with Gasteiger partial charge in [0.15, 0.2) is 5.78 Å². The summed E-state index contributed by atoms with van der Waals surface area (Å²) in [5, 5.41) is 4.91. The van der Waals surface area contributed by atoms with Gasteiger partial charge in [-0.2, -0.15) is 0 Å². The van der Waals surface area contributed by atoms with Crippen LogP contribution in [0.5, 0.6) is 5.75 Å². The zero-order chi connectivity index (χ0) is 23.0. The Morgan fingerprint density at radius 2 is 1.65 bits per heavy atom. The predicted molar refractivity (Wildman–Crippen MR) is 116 cm³/mol. The quantitative estimate of drug-likeness (QED) is 0.563. The van der Waals surface area contributed by atoms with Gasteiger partial charge in [0.05, 0.1) is 12.3 Å². The molecule has 0 spiro atoms. The minimum absolute atomic E-state index is 0.0179. The lowest BCUT2D eigenvalue weighted by Gasteiger charge is -2.20. The Bertz CT molecular complexity index is 936. The maximum Gasteiger partial charge on any atom is 0.412 e. The highest BCUT2D eigenvalue weighted by molar-refractivity contribution is 6.00. The van der Waals surface area contributed by atoms with E-state index in [0.29, 0.717) is 17.9 Å². The summed E-state index contributed by atoms with van der Waals surface area (Å²) in [6.07, 6.45) is -0.835. The molecule has 0 saturated carbocycles. The molecule has 0 aliphatic carbocycles. The maximum atomic E-state index is 14.0. The Labute approximate surface area is 180 Å². The fourth-order valence-corrected chi connectivity index (χ4v) is 2.61. The molecule has 0 bridgehead atoms. The van der Waals surface area contributed by atoms with Crippen molar-refractivity contribution >= 4 is 29.2 Å². The van der Waals surface area contributed by atoms with Crippen molar-refractivity contribution in [2.75, 3.05) is 17.2 Å². The first-order chi connectivity index (χ1) is 14.6. The van der Waals surface area contributed by atoms with E-state index in [1.165, 1.54) is 12.1 Å². The summed E-state index contributed by atoms with van der Waals surface area (Å²) in [7, 11) is 0. The number of ether oxygens (including phenoxy) is 2. The van der Waals surface area contributed by atoms with Gasteiger partial charge in [-0.1, -0.05) is 0 Å².